The number of aryl methyl sites for hydroxylation is 2. The fourth-order valence-corrected chi connectivity index (χ4v) is 4.77. The number of aromatic nitrogens is 1. The maximum absolute atomic E-state index is 4.50. The zero-order valence-electron chi connectivity index (χ0n) is 17.5. The van der Waals surface area contributed by atoms with Gasteiger partial charge in [-0.15, -0.1) is 0 Å². The van der Waals surface area contributed by atoms with E-state index in [4.69, 9.17) is 0 Å². The van der Waals surface area contributed by atoms with Crippen LogP contribution in [0.4, 0.5) is 5.82 Å². The van der Waals surface area contributed by atoms with Crippen LogP contribution in [0.2, 0.25) is 0 Å². The van der Waals surface area contributed by atoms with Gasteiger partial charge in [0.25, 0.3) is 0 Å². The van der Waals surface area contributed by atoms with Crippen molar-refractivity contribution in [2.45, 2.75) is 19.3 Å². The summed E-state index contributed by atoms with van der Waals surface area (Å²) < 4.78 is 0. The highest BCUT2D eigenvalue weighted by molar-refractivity contribution is 5.83. The molecule has 0 saturated carbocycles. The Kier molecular flexibility index (Phi) is 5.62. The molecule has 2 heterocycles. The molecule has 0 radical (unpaired) electrons. The Morgan fingerprint density at radius 3 is 2.00 bits per heavy atom. The molecule has 1 aromatic heterocycles. The minimum absolute atomic E-state index is 1.05. The molecule has 0 spiro atoms. The van der Waals surface area contributed by atoms with E-state index in [0.717, 1.165) is 57.8 Å². The molecule has 0 atom stereocenters. The van der Waals surface area contributed by atoms with Crippen LogP contribution in [-0.4, -0.2) is 42.6 Å². The second-order valence-corrected chi connectivity index (χ2v) is 8.24. The number of hydrogen-bond donors (Lipinski definition) is 0. The van der Waals surface area contributed by atoms with Gasteiger partial charge in [-0.3, -0.25) is 4.90 Å². The van der Waals surface area contributed by atoms with E-state index >= 15 is 0 Å². The van der Waals surface area contributed by atoms with Crippen molar-refractivity contribution in [3.05, 3.63) is 101 Å². The maximum atomic E-state index is 4.50. The van der Waals surface area contributed by atoms with Crippen molar-refractivity contribution in [3.8, 4) is 0 Å². The van der Waals surface area contributed by atoms with Gasteiger partial charge < -0.3 is 4.90 Å². The van der Waals surface area contributed by atoms with Gasteiger partial charge in [0.1, 0.15) is 5.82 Å². The van der Waals surface area contributed by atoms with E-state index in [0.29, 0.717) is 0 Å². The van der Waals surface area contributed by atoms with Crippen LogP contribution >= 0.6 is 0 Å². The lowest BCUT2D eigenvalue weighted by Gasteiger charge is -2.35. The fourth-order valence-electron chi connectivity index (χ4n) is 4.77. The standard InChI is InChI=1S/C27H29N3/c1-3-10-24-22(8-1)14-15-23-9-2-4-11-25(23)26(24)12-7-17-29-18-20-30(21-19-29)27-13-5-6-16-28-27/h1-6,8-13,16H,7,14-15,17-21H2. The number of anilines is 1. The van der Waals surface area contributed by atoms with Crippen LogP contribution in [0.15, 0.2) is 79.0 Å². The Bertz CT molecular complexity index is 968. The minimum atomic E-state index is 1.05. The number of nitrogens with zero attached hydrogens (tertiary/aromatic N) is 3. The Labute approximate surface area is 179 Å². The summed E-state index contributed by atoms with van der Waals surface area (Å²) in [5.74, 6) is 1.10. The summed E-state index contributed by atoms with van der Waals surface area (Å²) in [6.45, 7) is 5.43. The Morgan fingerprint density at radius 2 is 1.37 bits per heavy atom. The number of fused-ring (bicyclic) bond motifs is 2. The lowest BCUT2D eigenvalue weighted by molar-refractivity contribution is 0.262. The van der Waals surface area contributed by atoms with Crippen molar-refractivity contribution < 1.29 is 0 Å². The summed E-state index contributed by atoms with van der Waals surface area (Å²) in [6, 6.07) is 24.1. The van der Waals surface area contributed by atoms with E-state index in [1.54, 1.807) is 0 Å². The summed E-state index contributed by atoms with van der Waals surface area (Å²) in [5.41, 5.74) is 7.21. The van der Waals surface area contributed by atoms with Gasteiger partial charge in [0.2, 0.25) is 0 Å². The molecule has 0 bridgehead atoms. The molecular weight excluding hydrogens is 366 g/mol. The van der Waals surface area contributed by atoms with Gasteiger partial charge in [-0.2, -0.15) is 0 Å². The van der Waals surface area contributed by atoms with Crippen LogP contribution < -0.4 is 4.90 Å². The Balaban J connectivity index is 1.28. The molecule has 0 amide bonds. The number of pyridine rings is 1. The van der Waals surface area contributed by atoms with Crippen LogP contribution in [0.3, 0.4) is 0 Å². The van der Waals surface area contributed by atoms with Crippen LogP contribution in [0.25, 0.3) is 5.57 Å². The average molecular weight is 396 g/mol. The largest absolute Gasteiger partial charge is 0.354 e. The molecule has 3 nitrogen and oxygen atoms in total. The topological polar surface area (TPSA) is 19.4 Å². The van der Waals surface area contributed by atoms with Crippen LogP contribution in [0.1, 0.15) is 28.7 Å². The van der Waals surface area contributed by atoms with Crippen molar-refractivity contribution in [1.82, 2.24) is 9.88 Å². The Hall–Kier alpha value is -2.91. The number of rotatable bonds is 4. The highest BCUT2D eigenvalue weighted by atomic mass is 15.3. The van der Waals surface area contributed by atoms with E-state index in [1.807, 2.05) is 12.3 Å². The summed E-state index contributed by atoms with van der Waals surface area (Å²) >= 11 is 0. The zero-order valence-corrected chi connectivity index (χ0v) is 17.5. The normalized spacial score (nSPS) is 16.5. The third-order valence-electron chi connectivity index (χ3n) is 6.42. The molecule has 1 aliphatic carbocycles. The first-order valence-corrected chi connectivity index (χ1v) is 11.1. The molecule has 1 saturated heterocycles. The van der Waals surface area contributed by atoms with Crippen LogP contribution in [-0.2, 0) is 12.8 Å². The molecule has 2 aromatic carbocycles. The van der Waals surface area contributed by atoms with Gasteiger partial charge in [0, 0.05) is 38.9 Å². The molecule has 1 aliphatic heterocycles. The van der Waals surface area contributed by atoms with E-state index in [1.165, 1.54) is 27.8 Å². The summed E-state index contributed by atoms with van der Waals surface area (Å²) in [4.78, 5) is 9.48. The van der Waals surface area contributed by atoms with Crippen molar-refractivity contribution >= 4 is 11.4 Å². The summed E-state index contributed by atoms with van der Waals surface area (Å²) in [7, 11) is 0. The molecule has 0 N–H and O–H groups in total. The van der Waals surface area contributed by atoms with Crippen LogP contribution in [0.5, 0.6) is 0 Å². The summed E-state index contributed by atoms with van der Waals surface area (Å²) in [6.07, 6.45) is 7.70. The maximum Gasteiger partial charge on any atom is 0.128 e. The number of benzene rings is 2. The lowest BCUT2D eigenvalue weighted by atomic mass is 9.93. The SMILES string of the molecule is C(CCN1CCN(c2ccccn2)CC1)=C1c2ccccc2CCc2ccccc21. The molecule has 3 heteroatoms. The second-order valence-electron chi connectivity index (χ2n) is 8.24. The van der Waals surface area contributed by atoms with Crippen molar-refractivity contribution in [2.24, 2.45) is 0 Å². The Morgan fingerprint density at radius 1 is 0.733 bits per heavy atom. The molecule has 2 aliphatic rings. The summed E-state index contributed by atoms with van der Waals surface area (Å²) in [5, 5.41) is 0. The van der Waals surface area contributed by atoms with Gasteiger partial charge in [-0.1, -0.05) is 60.7 Å². The van der Waals surface area contributed by atoms with Gasteiger partial charge in [-0.25, -0.2) is 4.98 Å². The molecule has 5 rings (SSSR count). The fraction of sp³-hybridized carbons (Fsp3) is 0.296. The predicted molar refractivity (Wildman–Crippen MR) is 125 cm³/mol. The average Bonchev–Trinajstić information content (AvgIpc) is 2.97. The highest BCUT2D eigenvalue weighted by Gasteiger charge is 2.19. The van der Waals surface area contributed by atoms with Crippen LogP contribution in [0, 0.1) is 0 Å². The first-order valence-electron chi connectivity index (χ1n) is 11.1. The second kappa shape index (κ2) is 8.85. The monoisotopic (exact) mass is 395 g/mol. The van der Waals surface area contributed by atoms with Crippen molar-refractivity contribution in [1.29, 1.82) is 0 Å². The molecular formula is C27H29N3. The van der Waals surface area contributed by atoms with E-state index in [-0.39, 0.29) is 0 Å². The minimum Gasteiger partial charge on any atom is -0.354 e. The number of piperazine rings is 1. The van der Waals surface area contributed by atoms with Crippen molar-refractivity contribution in [2.75, 3.05) is 37.6 Å². The molecule has 0 unspecified atom stereocenters. The molecule has 30 heavy (non-hydrogen) atoms. The van der Waals surface area contributed by atoms with Gasteiger partial charge >= 0.3 is 0 Å². The van der Waals surface area contributed by atoms with E-state index in [9.17, 15) is 0 Å². The van der Waals surface area contributed by atoms with E-state index < -0.39 is 0 Å². The third-order valence-corrected chi connectivity index (χ3v) is 6.42. The third kappa shape index (κ3) is 4.03. The molecule has 1 fully saturated rings. The first-order chi connectivity index (χ1) is 14.9. The van der Waals surface area contributed by atoms with E-state index in [2.05, 4.69) is 81.5 Å². The van der Waals surface area contributed by atoms with Gasteiger partial charge in [0.15, 0.2) is 0 Å². The van der Waals surface area contributed by atoms with Crippen molar-refractivity contribution in [3.63, 3.8) is 0 Å². The number of hydrogen-bond acceptors (Lipinski definition) is 3. The van der Waals surface area contributed by atoms with Gasteiger partial charge in [0.05, 0.1) is 0 Å². The molecule has 152 valence electrons. The van der Waals surface area contributed by atoms with Gasteiger partial charge in [-0.05, 0) is 59.2 Å². The highest BCUT2D eigenvalue weighted by Crippen LogP contribution is 2.33. The molecule has 3 aromatic rings. The predicted octanol–water partition coefficient (Wildman–Crippen LogP) is 4.82. The first kappa shape index (κ1) is 19.1. The smallest absolute Gasteiger partial charge is 0.128 e. The zero-order chi connectivity index (χ0) is 20.2. The lowest BCUT2D eigenvalue weighted by Crippen LogP contribution is -2.46. The quantitative estimate of drug-likeness (QED) is 0.631.